The lowest BCUT2D eigenvalue weighted by atomic mass is 10.1. The molecule has 0 aliphatic carbocycles. The van der Waals surface area contributed by atoms with Crippen LogP contribution in [-0.4, -0.2) is 87.1 Å². The molecule has 0 saturated carbocycles. The van der Waals surface area contributed by atoms with Crippen LogP contribution in [0, 0.1) is 0 Å². The molecule has 2 amide bonds. The summed E-state index contributed by atoms with van der Waals surface area (Å²) in [6.45, 7) is 6.70. The molecule has 1 aromatic carbocycles. The van der Waals surface area contributed by atoms with E-state index in [1.54, 1.807) is 4.90 Å². The standard InChI is InChI=1S/C28H32ClN7O4S/c1-18(2)39-8-7-34(17-37)13-21-14-35(12-20-10-24(40-33-20)25-5-6-26(29)41-25)15-27(38)36(21)11-19-3-4-22-23(9-19)31-16-32-28(22)30/h3-6,9-10,16-18,21H,7-8,11-15H2,1-2H3,(H2,30,31,32)/t21-/m0/s1. The van der Waals surface area contributed by atoms with Crippen LogP contribution in [0.4, 0.5) is 5.82 Å². The zero-order chi connectivity index (χ0) is 28.9. The monoisotopic (exact) mass is 597 g/mol. The zero-order valence-corrected chi connectivity index (χ0v) is 24.5. The molecule has 2 N–H and O–H groups in total. The van der Waals surface area contributed by atoms with Gasteiger partial charge in [0.15, 0.2) is 5.76 Å². The first kappa shape index (κ1) is 28.9. The van der Waals surface area contributed by atoms with Gasteiger partial charge in [-0.05, 0) is 43.7 Å². The smallest absolute Gasteiger partial charge is 0.237 e. The van der Waals surface area contributed by atoms with E-state index >= 15 is 0 Å². The predicted molar refractivity (Wildman–Crippen MR) is 157 cm³/mol. The third kappa shape index (κ3) is 7.20. The minimum atomic E-state index is -0.255. The number of ether oxygens (including phenoxy) is 1. The van der Waals surface area contributed by atoms with Crippen LogP contribution >= 0.6 is 22.9 Å². The molecule has 13 heteroatoms. The van der Waals surface area contributed by atoms with Crippen LogP contribution in [0.1, 0.15) is 25.1 Å². The molecule has 3 aromatic heterocycles. The van der Waals surface area contributed by atoms with Gasteiger partial charge in [0.25, 0.3) is 0 Å². The third-order valence-corrected chi connectivity index (χ3v) is 8.10. The average Bonchev–Trinajstić information content (AvgIpc) is 3.58. The van der Waals surface area contributed by atoms with Crippen molar-refractivity contribution in [2.45, 2.75) is 39.1 Å². The Bertz CT molecular complexity index is 1510. The Labute approximate surface area is 246 Å². The Morgan fingerprint density at radius 1 is 1.24 bits per heavy atom. The van der Waals surface area contributed by atoms with E-state index in [1.165, 1.54) is 17.7 Å². The van der Waals surface area contributed by atoms with Crippen LogP contribution in [0.5, 0.6) is 0 Å². The summed E-state index contributed by atoms with van der Waals surface area (Å²) in [5.41, 5.74) is 8.34. The number of hydrogen-bond acceptors (Lipinski definition) is 10. The highest BCUT2D eigenvalue weighted by Gasteiger charge is 2.34. The first-order chi connectivity index (χ1) is 19.8. The van der Waals surface area contributed by atoms with E-state index in [4.69, 9.17) is 26.6 Å². The lowest BCUT2D eigenvalue weighted by molar-refractivity contribution is -0.142. The fraction of sp³-hybridized carbons (Fsp3) is 0.393. The van der Waals surface area contributed by atoms with Crippen LogP contribution in [-0.2, 0) is 27.4 Å². The summed E-state index contributed by atoms with van der Waals surface area (Å²) in [6, 6.07) is 11.0. The van der Waals surface area contributed by atoms with Crippen molar-refractivity contribution in [1.82, 2.24) is 29.8 Å². The van der Waals surface area contributed by atoms with Gasteiger partial charge in [-0.3, -0.25) is 14.5 Å². The van der Waals surface area contributed by atoms with Gasteiger partial charge in [0.2, 0.25) is 12.3 Å². The van der Waals surface area contributed by atoms with Crippen molar-refractivity contribution in [1.29, 1.82) is 0 Å². The van der Waals surface area contributed by atoms with Gasteiger partial charge in [0, 0.05) is 44.2 Å². The number of nitrogen functional groups attached to an aromatic ring is 1. The minimum absolute atomic E-state index is 0.0402. The summed E-state index contributed by atoms with van der Waals surface area (Å²) in [5.74, 6) is 1.01. The van der Waals surface area contributed by atoms with Crippen LogP contribution in [0.25, 0.3) is 21.5 Å². The maximum absolute atomic E-state index is 13.6. The molecule has 1 saturated heterocycles. The number of anilines is 1. The molecule has 0 unspecified atom stereocenters. The van der Waals surface area contributed by atoms with E-state index in [2.05, 4.69) is 15.1 Å². The topological polar surface area (TPSA) is 131 Å². The molecule has 216 valence electrons. The highest BCUT2D eigenvalue weighted by molar-refractivity contribution is 7.19. The number of amides is 2. The van der Waals surface area contributed by atoms with E-state index in [9.17, 15) is 9.59 Å². The van der Waals surface area contributed by atoms with E-state index in [1.807, 2.05) is 60.0 Å². The molecule has 11 nitrogen and oxygen atoms in total. The molecule has 5 rings (SSSR count). The summed E-state index contributed by atoms with van der Waals surface area (Å²) in [6.07, 6.45) is 2.31. The van der Waals surface area contributed by atoms with Crippen LogP contribution in [0.3, 0.4) is 0 Å². The number of carbonyl (C=O) groups is 2. The number of benzene rings is 1. The van der Waals surface area contributed by atoms with E-state index in [0.717, 1.165) is 22.2 Å². The van der Waals surface area contributed by atoms with Crippen molar-refractivity contribution in [3.8, 4) is 10.6 Å². The van der Waals surface area contributed by atoms with Crippen LogP contribution in [0.15, 0.2) is 47.2 Å². The highest BCUT2D eigenvalue weighted by Crippen LogP contribution is 2.31. The van der Waals surface area contributed by atoms with Gasteiger partial charge in [-0.25, -0.2) is 9.97 Å². The van der Waals surface area contributed by atoms with Crippen LogP contribution < -0.4 is 5.73 Å². The second-order valence-corrected chi connectivity index (χ2v) is 12.0. The highest BCUT2D eigenvalue weighted by atomic mass is 35.5. The molecule has 0 spiro atoms. The molecule has 1 fully saturated rings. The number of aromatic nitrogens is 3. The maximum atomic E-state index is 13.6. The largest absolute Gasteiger partial charge is 0.383 e. The van der Waals surface area contributed by atoms with Crippen LogP contribution in [0.2, 0.25) is 4.34 Å². The van der Waals surface area contributed by atoms with Gasteiger partial charge < -0.3 is 24.8 Å². The Morgan fingerprint density at radius 2 is 2.10 bits per heavy atom. The molecule has 4 heterocycles. The number of thiophene rings is 1. The SMILES string of the molecule is CC(C)OCCN(C=O)C[C@H]1CN(Cc2cc(-c3ccc(Cl)s3)on2)CC(=O)N1Cc1ccc2c(N)ncnc2c1. The summed E-state index contributed by atoms with van der Waals surface area (Å²) < 4.78 is 11.9. The molecule has 1 aliphatic rings. The van der Waals surface area contributed by atoms with Gasteiger partial charge in [-0.2, -0.15) is 0 Å². The molecule has 0 bridgehead atoms. The maximum Gasteiger partial charge on any atom is 0.237 e. The number of hydrogen-bond donors (Lipinski definition) is 1. The Kier molecular flexibility index (Phi) is 9.13. The summed E-state index contributed by atoms with van der Waals surface area (Å²) >= 11 is 7.48. The van der Waals surface area contributed by atoms with Crippen molar-refractivity contribution in [3.05, 3.63) is 58.3 Å². The molecule has 1 atom stereocenters. The second kappa shape index (κ2) is 12.9. The molecule has 0 radical (unpaired) electrons. The van der Waals surface area contributed by atoms with Gasteiger partial charge in [-0.15, -0.1) is 11.3 Å². The number of nitrogens with zero attached hydrogens (tertiary/aromatic N) is 6. The Morgan fingerprint density at radius 3 is 2.85 bits per heavy atom. The molecular formula is C28H32ClN7O4S. The van der Waals surface area contributed by atoms with E-state index < -0.39 is 0 Å². The van der Waals surface area contributed by atoms with E-state index in [0.29, 0.717) is 66.5 Å². The summed E-state index contributed by atoms with van der Waals surface area (Å²) in [5, 5.41) is 4.98. The molecule has 1 aliphatic heterocycles. The lowest BCUT2D eigenvalue weighted by Crippen LogP contribution is -2.59. The average molecular weight is 598 g/mol. The number of rotatable bonds is 12. The van der Waals surface area contributed by atoms with Gasteiger partial charge >= 0.3 is 0 Å². The minimum Gasteiger partial charge on any atom is -0.383 e. The zero-order valence-electron chi connectivity index (χ0n) is 22.9. The Balaban J connectivity index is 1.33. The fourth-order valence-corrected chi connectivity index (χ4v) is 5.89. The summed E-state index contributed by atoms with van der Waals surface area (Å²) in [7, 11) is 0. The fourth-order valence-electron chi connectivity index (χ4n) is 4.90. The predicted octanol–water partition coefficient (Wildman–Crippen LogP) is 3.68. The summed E-state index contributed by atoms with van der Waals surface area (Å²) in [4.78, 5) is 40.4. The van der Waals surface area contributed by atoms with Crippen molar-refractivity contribution in [2.75, 3.05) is 38.5 Å². The first-order valence-electron chi connectivity index (χ1n) is 13.3. The first-order valence-corrected chi connectivity index (χ1v) is 14.5. The van der Waals surface area contributed by atoms with Crippen molar-refractivity contribution >= 4 is 52.0 Å². The normalized spacial score (nSPS) is 16.1. The lowest BCUT2D eigenvalue weighted by Gasteiger charge is -2.42. The second-order valence-electron chi connectivity index (χ2n) is 10.3. The molecular weight excluding hydrogens is 566 g/mol. The van der Waals surface area contributed by atoms with Crippen molar-refractivity contribution in [2.24, 2.45) is 0 Å². The van der Waals surface area contributed by atoms with E-state index in [-0.39, 0.29) is 24.6 Å². The number of piperazine rings is 1. The van der Waals surface area contributed by atoms with Gasteiger partial charge in [0.1, 0.15) is 12.1 Å². The molecule has 4 aromatic rings. The van der Waals surface area contributed by atoms with Crippen molar-refractivity contribution < 1.29 is 18.8 Å². The van der Waals surface area contributed by atoms with Crippen molar-refractivity contribution in [3.63, 3.8) is 0 Å². The number of carbonyl (C=O) groups excluding carboxylic acids is 2. The van der Waals surface area contributed by atoms with Gasteiger partial charge in [0.05, 0.1) is 45.7 Å². The number of fused-ring (bicyclic) bond motifs is 1. The quantitative estimate of drug-likeness (QED) is 0.243. The third-order valence-electron chi connectivity index (χ3n) is 6.86. The number of halogens is 1. The Hall–Kier alpha value is -3.58. The number of nitrogens with two attached hydrogens (primary N) is 1. The molecule has 41 heavy (non-hydrogen) atoms. The van der Waals surface area contributed by atoms with Gasteiger partial charge in [-0.1, -0.05) is 22.8 Å².